The van der Waals surface area contributed by atoms with Crippen LogP contribution in [-0.4, -0.2) is 37.4 Å². The molecule has 1 rings (SSSR count). The number of thioether (sulfide) groups is 1. The Labute approximate surface area is 91.9 Å². The highest BCUT2D eigenvalue weighted by Crippen LogP contribution is 2.19. The predicted octanol–water partition coefficient (Wildman–Crippen LogP) is 0.474. The highest BCUT2D eigenvalue weighted by atomic mass is 32.2. The van der Waals surface area contributed by atoms with Gasteiger partial charge in [-0.15, -0.1) is 0 Å². The number of hydrogen-bond acceptors (Lipinski definition) is 5. The SMILES string of the molecule is CC(=O)SCCC(O)C(O)c1cn[nH]c1. The van der Waals surface area contributed by atoms with Crippen molar-refractivity contribution in [3.8, 4) is 0 Å². The fraction of sp³-hybridized carbons (Fsp3) is 0.556. The van der Waals surface area contributed by atoms with Crippen LogP contribution in [0.4, 0.5) is 0 Å². The van der Waals surface area contributed by atoms with Gasteiger partial charge in [-0.2, -0.15) is 5.10 Å². The zero-order chi connectivity index (χ0) is 11.3. The number of carbonyl (C=O) groups is 1. The van der Waals surface area contributed by atoms with Gasteiger partial charge >= 0.3 is 0 Å². The van der Waals surface area contributed by atoms with Crippen LogP contribution in [0.3, 0.4) is 0 Å². The van der Waals surface area contributed by atoms with Gasteiger partial charge in [-0.05, 0) is 6.42 Å². The smallest absolute Gasteiger partial charge is 0.185 e. The predicted molar refractivity (Wildman–Crippen MR) is 57.3 cm³/mol. The number of aromatic amines is 1. The van der Waals surface area contributed by atoms with Crippen molar-refractivity contribution in [3.05, 3.63) is 18.0 Å². The van der Waals surface area contributed by atoms with E-state index in [4.69, 9.17) is 0 Å². The lowest BCUT2D eigenvalue weighted by Crippen LogP contribution is -2.18. The molecule has 0 spiro atoms. The molecule has 1 heterocycles. The number of rotatable bonds is 5. The van der Waals surface area contributed by atoms with Crippen LogP contribution in [0, 0.1) is 0 Å². The normalized spacial score (nSPS) is 14.9. The van der Waals surface area contributed by atoms with Crippen LogP contribution in [0.15, 0.2) is 12.4 Å². The first kappa shape index (κ1) is 12.2. The van der Waals surface area contributed by atoms with Crippen LogP contribution >= 0.6 is 11.8 Å². The van der Waals surface area contributed by atoms with E-state index in [1.54, 1.807) is 0 Å². The molecular formula is C9H14N2O3S. The Bertz CT molecular complexity index is 302. The molecule has 0 fully saturated rings. The van der Waals surface area contributed by atoms with Gasteiger partial charge in [0.25, 0.3) is 0 Å². The minimum atomic E-state index is -0.948. The fourth-order valence-electron chi connectivity index (χ4n) is 1.13. The number of aliphatic hydroxyl groups excluding tert-OH is 2. The number of carbonyl (C=O) groups excluding carboxylic acids is 1. The van der Waals surface area contributed by atoms with Gasteiger partial charge in [0.05, 0.1) is 12.3 Å². The highest BCUT2D eigenvalue weighted by Gasteiger charge is 2.18. The third-order valence-electron chi connectivity index (χ3n) is 1.94. The van der Waals surface area contributed by atoms with Crippen LogP contribution in [-0.2, 0) is 4.79 Å². The summed E-state index contributed by atoms with van der Waals surface area (Å²) in [5.41, 5.74) is 0.551. The average Bonchev–Trinajstić information content (AvgIpc) is 2.68. The fourth-order valence-corrected chi connectivity index (χ4v) is 1.77. The standard InChI is InChI=1S/C9H14N2O3S/c1-6(12)15-3-2-8(13)9(14)7-4-10-11-5-7/h4-5,8-9,13-14H,2-3H2,1H3,(H,10,11). The van der Waals surface area contributed by atoms with Gasteiger partial charge in [-0.1, -0.05) is 11.8 Å². The van der Waals surface area contributed by atoms with Crippen molar-refractivity contribution < 1.29 is 15.0 Å². The monoisotopic (exact) mass is 230 g/mol. The Kier molecular flexibility index (Phi) is 4.80. The summed E-state index contributed by atoms with van der Waals surface area (Å²) < 4.78 is 0. The summed E-state index contributed by atoms with van der Waals surface area (Å²) in [6.07, 6.45) is 1.56. The molecule has 5 nitrogen and oxygen atoms in total. The lowest BCUT2D eigenvalue weighted by molar-refractivity contribution is -0.109. The summed E-state index contributed by atoms with van der Waals surface area (Å²) in [4.78, 5) is 10.6. The number of H-pyrrole nitrogens is 1. The summed E-state index contributed by atoms with van der Waals surface area (Å²) >= 11 is 1.14. The molecule has 84 valence electrons. The van der Waals surface area contributed by atoms with Gasteiger partial charge in [0.1, 0.15) is 6.10 Å². The molecule has 1 aromatic heterocycles. The van der Waals surface area contributed by atoms with E-state index in [2.05, 4.69) is 10.2 Å². The zero-order valence-corrected chi connectivity index (χ0v) is 9.20. The van der Waals surface area contributed by atoms with Crippen molar-refractivity contribution in [2.45, 2.75) is 25.6 Å². The maximum atomic E-state index is 10.6. The second kappa shape index (κ2) is 5.89. The largest absolute Gasteiger partial charge is 0.390 e. The molecule has 0 bridgehead atoms. The molecule has 15 heavy (non-hydrogen) atoms. The van der Waals surface area contributed by atoms with E-state index >= 15 is 0 Å². The van der Waals surface area contributed by atoms with E-state index in [0.29, 0.717) is 17.7 Å². The molecule has 0 saturated heterocycles. The van der Waals surface area contributed by atoms with Crippen LogP contribution in [0.2, 0.25) is 0 Å². The number of nitrogens with zero attached hydrogens (tertiary/aromatic N) is 1. The van der Waals surface area contributed by atoms with Crippen molar-refractivity contribution in [1.82, 2.24) is 10.2 Å². The minimum absolute atomic E-state index is 0.0139. The van der Waals surface area contributed by atoms with E-state index in [1.165, 1.54) is 19.3 Å². The van der Waals surface area contributed by atoms with E-state index in [-0.39, 0.29) is 5.12 Å². The van der Waals surface area contributed by atoms with Crippen LogP contribution in [0.25, 0.3) is 0 Å². The lowest BCUT2D eigenvalue weighted by atomic mass is 10.1. The topological polar surface area (TPSA) is 86.2 Å². The summed E-state index contributed by atoms with van der Waals surface area (Å²) in [7, 11) is 0. The van der Waals surface area contributed by atoms with E-state index < -0.39 is 12.2 Å². The summed E-state index contributed by atoms with van der Waals surface area (Å²) in [5.74, 6) is 0.505. The van der Waals surface area contributed by atoms with Crippen LogP contribution in [0.1, 0.15) is 25.0 Å². The van der Waals surface area contributed by atoms with Gasteiger partial charge in [-0.25, -0.2) is 0 Å². The zero-order valence-electron chi connectivity index (χ0n) is 8.38. The molecule has 0 aliphatic carbocycles. The second-order valence-corrected chi connectivity index (χ2v) is 4.44. The molecule has 0 radical (unpaired) electrons. The molecule has 2 unspecified atom stereocenters. The van der Waals surface area contributed by atoms with Gasteiger partial charge in [0, 0.05) is 24.4 Å². The Morgan fingerprint density at radius 1 is 1.67 bits per heavy atom. The molecule has 0 amide bonds. The van der Waals surface area contributed by atoms with Crippen molar-refractivity contribution >= 4 is 16.9 Å². The first-order chi connectivity index (χ1) is 7.11. The molecule has 6 heteroatoms. The Morgan fingerprint density at radius 2 is 2.40 bits per heavy atom. The summed E-state index contributed by atoms with van der Waals surface area (Å²) in [6, 6.07) is 0. The van der Waals surface area contributed by atoms with Crippen molar-refractivity contribution in [2.24, 2.45) is 0 Å². The van der Waals surface area contributed by atoms with Crippen LogP contribution < -0.4 is 0 Å². The minimum Gasteiger partial charge on any atom is -0.390 e. The van der Waals surface area contributed by atoms with Crippen molar-refractivity contribution in [3.63, 3.8) is 0 Å². The third-order valence-corrected chi connectivity index (χ3v) is 2.79. The molecule has 1 aromatic rings. The maximum Gasteiger partial charge on any atom is 0.185 e. The molecular weight excluding hydrogens is 216 g/mol. The van der Waals surface area contributed by atoms with Gasteiger partial charge in [0.2, 0.25) is 0 Å². The molecule has 0 aliphatic heterocycles. The highest BCUT2D eigenvalue weighted by molar-refractivity contribution is 8.13. The number of aromatic nitrogens is 2. The molecule has 3 N–H and O–H groups in total. The molecule has 0 saturated carbocycles. The van der Waals surface area contributed by atoms with E-state index in [0.717, 1.165) is 11.8 Å². The third kappa shape index (κ3) is 4.03. The average molecular weight is 230 g/mol. The summed E-state index contributed by atoms with van der Waals surface area (Å²) in [6.45, 7) is 1.48. The number of hydrogen-bond donors (Lipinski definition) is 3. The molecule has 0 aromatic carbocycles. The molecule has 2 atom stereocenters. The first-order valence-corrected chi connectivity index (χ1v) is 5.58. The van der Waals surface area contributed by atoms with Crippen molar-refractivity contribution in [1.29, 1.82) is 0 Å². The maximum absolute atomic E-state index is 10.6. The second-order valence-electron chi connectivity index (χ2n) is 3.17. The Hall–Kier alpha value is -0.850. The van der Waals surface area contributed by atoms with E-state index in [1.807, 2.05) is 0 Å². The van der Waals surface area contributed by atoms with Gasteiger partial charge in [0.15, 0.2) is 5.12 Å². The lowest BCUT2D eigenvalue weighted by Gasteiger charge is -2.15. The quantitative estimate of drug-likeness (QED) is 0.684. The van der Waals surface area contributed by atoms with Crippen molar-refractivity contribution in [2.75, 3.05) is 5.75 Å². The Morgan fingerprint density at radius 3 is 2.93 bits per heavy atom. The van der Waals surface area contributed by atoms with Gasteiger partial charge < -0.3 is 10.2 Å². The molecule has 0 aliphatic rings. The van der Waals surface area contributed by atoms with Crippen LogP contribution in [0.5, 0.6) is 0 Å². The van der Waals surface area contributed by atoms with Gasteiger partial charge in [-0.3, -0.25) is 9.89 Å². The summed E-state index contributed by atoms with van der Waals surface area (Å²) in [5, 5.41) is 25.5. The Balaban J connectivity index is 2.33. The van der Waals surface area contributed by atoms with E-state index in [9.17, 15) is 15.0 Å². The first-order valence-electron chi connectivity index (χ1n) is 4.59. The number of aliphatic hydroxyl groups is 2. The number of nitrogens with one attached hydrogen (secondary N) is 1.